The lowest BCUT2D eigenvalue weighted by atomic mass is 10.2. The van der Waals surface area contributed by atoms with Crippen LogP contribution >= 0.6 is 11.8 Å². The van der Waals surface area contributed by atoms with E-state index in [1.54, 1.807) is 17.8 Å². The van der Waals surface area contributed by atoms with Gasteiger partial charge in [-0.25, -0.2) is 18.5 Å². The summed E-state index contributed by atoms with van der Waals surface area (Å²) in [5.41, 5.74) is 2.65. The first-order valence-electron chi connectivity index (χ1n) is 8.74. The lowest BCUT2D eigenvalue weighted by Gasteiger charge is -2.09. The molecule has 2 N–H and O–H groups in total. The van der Waals surface area contributed by atoms with Gasteiger partial charge in [-0.2, -0.15) is 0 Å². The minimum absolute atomic E-state index is 0.0792. The van der Waals surface area contributed by atoms with Crippen LogP contribution in [0.1, 0.15) is 18.9 Å². The first kappa shape index (κ1) is 19.7. The Kier molecular flexibility index (Phi) is 6.08. The zero-order valence-electron chi connectivity index (χ0n) is 15.4. The highest BCUT2D eigenvalue weighted by atomic mass is 32.2. The Bertz CT molecular complexity index is 1050. The Labute approximate surface area is 163 Å². The lowest BCUT2D eigenvalue weighted by molar-refractivity contribution is 0.341. The van der Waals surface area contributed by atoms with Crippen LogP contribution in [0.5, 0.6) is 5.75 Å². The summed E-state index contributed by atoms with van der Waals surface area (Å²) >= 11 is 1.60. The molecule has 2 aromatic carbocycles. The van der Waals surface area contributed by atoms with Crippen molar-refractivity contribution >= 4 is 32.8 Å². The molecule has 3 aromatic rings. The molecule has 0 radical (unpaired) electrons. The third-order valence-electron chi connectivity index (χ3n) is 4.13. The second-order valence-corrected chi connectivity index (χ2v) is 8.83. The number of nitrogens with zero attached hydrogens (tertiary/aromatic N) is 2. The van der Waals surface area contributed by atoms with Crippen molar-refractivity contribution in [3.63, 3.8) is 0 Å². The van der Waals surface area contributed by atoms with Crippen LogP contribution in [0.25, 0.3) is 11.0 Å². The second-order valence-electron chi connectivity index (χ2n) is 6.20. The molecule has 0 aliphatic carbocycles. The number of hydrogen-bond acceptors (Lipinski definition) is 5. The summed E-state index contributed by atoms with van der Waals surface area (Å²) in [4.78, 5) is 4.70. The summed E-state index contributed by atoms with van der Waals surface area (Å²) in [6.45, 7) is 5.49. The van der Waals surface area contributed by atoms with E-state index in [9.17, 15) is 8.42 Å². The average Bonchev–Trinajstić information content (AvgIpc) is 2.97. The Morgan fingerprint density at radius 2 is 2.00 bits per heavy atom. The third kappa shape index (κ3) is 4.63. The number of aryl methyl sites for hydroxylation is 2. The van der Waals surface area contributed by atoms with Gasteiger partial charge < -0.3 is 9.30 Å². The molecular formula is C19H23N3O3S2. The van der Waals surface area contributed by atoms with Gasteiger partial charge in [0.05, 0.1) is 22.5 Å². The first-order chi connectivity index (χ1) is 12.9. The van der Waals surface area contributed by atoms with E-state index in [-0.39, 0.29) is 4.90 Å². The highest BCUT2D eigenvalue weighted by Gasteiger charge is 2.15. The molecule has 0 fully saturated rings. The van der Waals surface area contributed by atoms with Crippen molar-refractivity contribution < 1.29 is 13.2 Å². The fraction of sp³-hybridized carbons (Fsp3) is 0.316. The van der Waals surface area contributed by atoms with E-state index < -0.39 is 10.0 Å². The van der Waals surface area contributed by atoms with Crippen LogP contribution in [0, 0.1) is 6.92 Å². The maximum Gasteiger partial charge on any atom is 0.238 e. The van der Waals surface area contributed by atoms with E-state index in [4.69, 9.17) is 9.88 Å². The molecule has 0 bridgehead atoms. The van der Waals surface area contributed by atoms with Crippen molar-refractivity contribution in [2.75, 3.05) is 12.4 Å². The van der Waals surface area contributed by atoms with Gasteiger partial charge in [-0.3, -0.25) is 0 Å². The zero-order valence-corrected chi connectivity index (χ0v) is 17.0. The molecule has 3 rings (SSSR count). The summed E-state index contributed by atoms with van der Waals surface area (Å²) in [7, 11) is -3.74. The van der Waals surface area contributed by atoms with Crippen molar-refractivity contribution in [3.05, 3.63) is 48.0 Å². The average molecular weight is 406 g/mol. The van der Waals surface area contributed by atoms with E-state index in [2.05, 4.69) is 16.5 Å². The number of nitrogens with two attached hydrogens (primary N) is 1. The number of aromatic nitrogens is 2. The van der Waals surface area contributed by atoms with E-state index >= 15 is 0 Å². The van der Waals surface area contributed by atoms with Gasteiger partial charge in [0.1, 0.15) is 5.75 Å². The molecule has 1 heterocycles. The fourth-order valence-electron chi connectivity index (χ4n) is 2.82. The standard InChI is InChI=1S/C19H23N3O3S2/c1-3-10-22-17-9-8-15(27(20,23)24)13-16(17)21-19(22)26-12-11-25-18-7-5-4-6-14(18)2/h4-9,13H,3,10-12H2,1-2H3,(H2,20,23,24). The van der Waals surface area contributed by atoms with Crippen LogP contribution in [0.3, 0.4) is 0 Å². The Hall–Kier alpha value is -2.03. The topological polar surface area (TPSA) is 87.2 Å². The highest BCUT2D eigenvalue weighted by Crippen LogP contribution is 2.26. The zero-order chi connectivity index (χ0) is 19.4. The molecule has 0 aliphatic rings. The number of fused-ring (bicyclic) bond motifs is 1. The molecule has 0 spiro atoms. The van der Waals surface area contributed by atoms with Crippen LogP contribution < -0.4 is 9.88 Å². The number of para-hydroxylation sites is 1. The van der Waals surface area contributed by atoms with Gasteiger partial charge in [-0.15, -0.1) is 0 Å². The third-order valence-corrected chi connectivity index (χ3v) is 5.98. The maximum atomic E-state index is 11.6. The Balaban J connectivity index is 1.76. The Morgan fingerprint density at radius 3 is 2.70 bits per heavy atom. The van der Waals surface area contributed by atoms with Crippen LogP contribution in [0.2, 0.25) is 0 Å². The molecule has 0 atom stereocenters. The van der Waals surface area contributed by atoms with Gasteiger partial charge in [0.2, 0.25) is 10.0 Å². The molecule has 0 saturated heterocycles. The SMILES string of the molecule is CCCn1c(SCCOc2ccccc2C)nc2cc(S(N)(=O)=O)ccc21. The molecular weight excluding hydrogens is 382 g/mol. The van der Waals surface area contributed by atoms with Gasteiger partial charge in [0.25, 0.3) is 0 Å². The maximum absolute atomic E-state index is 11.6. The number of hydrogen-bond donors (Lipinski definition) is 1. The molecule has 0 amide bonds. The van der Waals surface area contributed by atoms with E-state index in [0.29, 0.717) is 12.1 Å². The van der Waals surface area contributed by atoms with Gasteiger partial charge in [-0.05, 0) is 43.2 Å². The molecule has 0 saturated carbocycles. The van der Waals surface area contributed by atoms with Crippen molar-refractivity contribution in [1.29, 1.82) is 0 Å². The molecule has 6 nitrogen and oxygen atoms in total. The number of benzene rings is 2. The van der Waals surface area contributed by atoms with E-state index in [1.807, 2.05) is 31.2 Å². The summed E-state index contributed by atoms with van der Waals surface area (Å²) in [5.74, 6) is 1.63. The number of ether oxygens (including phenoxy) is 1. The van der Waals surface area contributed by atoms with Crippen molar-refractivity contribution in [1.82, 2.24) is 9.55 Å². The summed E-state index contributed by atoms with van der Waals surface area (Å²) in [5, 5.41) is 6.09. The van der Waals surface area contributed by atoms with Crippen LogP contribution in [0.4, 0.5) is 0 Å². The quantitative estimate of drug-likeness (QED) is 0.457. The van der Waals surface area contributed by atoms with Crippen LogP contribution in [-0.2, 0) is 16.6 Å². The first-order valence-corrected chi connectivity index (χ1v) is 11.3. The summed E-state index contributed by atoms with van der Waals surface area (Å²) in [6.07, 6.45) is 0.954. The van der Waals surface area contributed by atoms with Crippen molar-refractivity contribution in [2.45, 2.75) is 36.9 Å². The number of sulfonamides is 1. The van der Waals surface area contributed by atoms with Crippen LogP contribution in [-0.4, -0.2) is 30.3 Å². The molecule has 0 unspecified atom stereocenters. The summed E-state index contributed by atoms with van der Waals surface area (Å²) in [6, 6.07) is 12.8. The highest BCUT2D eigenvalue weighted by molar-refractivity contribution is 7.99. The normalized spacial score (nSPS) is 11.8. The Morgan fingerprint density at radius 1 is 1.22 bits per heavy atom. The van der Waals surface area contributed by atoms with E-state index in [1.165, 1.54) is 12.1 Å². The lowest BCUT2D eigenvalue weighted by Crippen LogP contribution is -2.11. The molecule has 0 aliphatic heterocycles. The van der Waals surface area contributed by atoms with Crippen molar-refractivity contribution in [2.24, 2.45) is 5.14 Å². The predicted molar refractivity (Wildman–Crippen MR) is 109 cm³/mol. The summed E-state index contributed by atoms with van der Waals surface area (Å²) < 4.78 is 31.1. The van der Waals surface area contributed by atoms with Gasteiger partial charge in [0.15, 0.2) is 5.16 Å². The smallest absolute Gasteiger partial charge is 0.238 e. The molecule has 144 valence electrons. The predicted octanol–water partition coefficient (Wildman–Crippen LogP) is 3.57. The largest absolute Gasteiger partial charge is 0.492 e. The number of imidazole rings is 1. The van der Waals surface area contributed by atoms with Gasteiger partial charge >= 0.3 is 0 Å². The molecule has 27 heavy (non-hydrogen) atoms. The number of primary sulfonamides is 1. The van der Waals surface area contributed by atoms with Crippen molar-refractivity contribution in [3.8, 4) is 5.75 Å². The monoisotopic (exact) mass is 405 g/mol. The molecule has 1 aromatic heterocycles. The minimum Gasteiger partial charge on any atom is -0.492 e. The fourth-order valence-corrected chi connectivity index (χ4v) is 4.21. The second kappa shape index (κ2) is 8.33. The molecule has 8 heteroatoms. The van der Waals surface area contributed by atoms with Gasteiger partial charge in [0, 0.05) is 12.3 Å². The van der Waals surface area contributed by atoms with E-state index in [0.717, 1.165) is 40.7 Å². The number of thioether (sulfide) groups is 1. The van der Waals surface area contributed by atoms with Crippen LogP contribution in [0.15, 0.2) is 52.5 Å². The minimum atomic E-state index is -3.74. The van der Waals surface area contributed by atoms with Gasteiger partial charge in [-0.1, -0.05) is 36.9 Å². The number of rotatable bonds is 8.